The van der Waals surface area contributed by atoms with Gasteiger partial charge in [0.15, 0.2) is 0 Å². The number of nitrogens with zero attached hydrogens (tertiary/aromatic N) is 3. The maximum absolute atomic E-state index is 11.2. The summed E-state index contributed by atoms with van der Waals surface area (Å²) in [5, 5.41) is 22.2. The molecule has 0 heterocycles. The molecule has 0 aliphatic carbocycles. The van der Waals surface area contributed by atoms with Crippen LogP contribution in [0.5, 0.6) is 0 Å². The molecule has 0 spiro atoms. The van der Waals surface area contributed by atoms with Gasteiger partial charge in [-0.2, -0.15) is 0 Å². The first-order valence-electron chi connectivity index (χ1n) is 6.75. The largest absolute Gasteiger partial charge is 0.367 e. The van der Waals surface area contributed by atoms with E-state index >= 15 is 0 Å². The monoisotopic (exact) mass is 301 g/mol. The average molecular weight is 301 g/mol. The van der Waals surface area contributed by atoms with E-state index in [-0.39, 0.29) is 6.54 Å². The normalized spacial score (nSPS) is 10.2. The highest BCUT2D eigenvalue weighted by molar-refractivity contribution is 5.59. The van der Waals surface area contributed by atoms with Crippen LogP contribution in [0.25, 0.3) is 0 Å². The second-order valence-corrected chi connectivity index (χ2v) is 4.65. The van der Waals surface area contributed by atoms with Crippen molar-refractivity contribution < 1.29 is 9.85 Å². The van der Waals surface area contributed by atoms with E-state index < -0.39 is 21.2 Å². The molecule has 2 aromatic carbocycles. The van der Waals surface area contributed by atoms with Crippen LogP contribution < -0.4 is 4.90 Å². The lowest BCUT2D eigenvalue weighted by atomic mass is 10.1. The van der Waals surface area contributed by atoms with E-state index in [0.29, 0.717) is 12.1 Å². The minimum absolute atomic E-state index is 0.235. The minimum atomic E-state index is -0.722. The van der Waals surface area contributed by atoms with Gasteiger partial charge in [-0.25, -0.2) is 0 Å². The van der Waals surface area contributed by atoms with Gasteiger partial charge in [-0.1, -0.05) is 24.3 Å². The van der Waals surface area contributed by atoms with Gasteiger partial charge < -0.3 is 4.90 Å². The van der Waals surface area contributed by atoms with Gasteiger partial charge in [0.2, 0.25) is 0 Å². The molecule has 22 heavy (non-hydrogen) atoms. The number of benzene rings is 2. The third kappa shape index (κ3) is 3.20. The second-order valence-electron chi connectivity index (χ2n) is 4.65. The maximum atomic E-state index is 11.2. The fraction of sp³-hybridized carbons (Fsp3) is 0.200. The summed E-state index contributed by atoms with van der Waals surface area (Å²) in [5.74, 6) is 0. The number of nitro groups is 2. The molecule has 0 radical (unpaired) electrons. The minimum Gasteiger partial charge on any atom is -0.367 e. The molecule has 2 rings (SSSR count). The van der Waals surface area contributed by atoms with Crippen molar-refractivity contribution in [3.05, 3.63) is 74.3 Å². The molecule has 114 valence electrons. The van der Waals surface area contributed by atoms with Gasteiger partial charge in [0.25, 0.3) is 0 Å². The lowest BCUT2D eigenvalue weighted by molar-refractivity contribution is -0.423. The van der Waals surface area contributed by atoms with Gasteiger partial charge >= 0.3 is 11.4 Å². The molecule has 0 amide bonds. The summed E-state index contributed by atoms with van der Waals surface area (Å²) in [4.78, 5) is 22.7. The van der Waals surface area contributed by atoms with Crippen molar-refractivity contribution in [3.63, 3.8) is 0 Å². The first-order valence-corrected chi connectivity index (χ1v) is 6.75. The fourth-order valence-electron chi connectivity index (χ4n) is 2.29. The third-order valence-electron chi connectivity index (χ3n) is 3.34. The quantitative estimate of drug-likeness (QED) is 0.601. The molecule has 0 atom stereocenters. The number of nitro benzene ring substituents is 2. The fourth-order valence-corrected chi connectivity index (χ4v) is 2.29. The Kier molecular flexibility index (Phi) is 4.67. The van der Waals surface area contributed by atoms with Gasteiger partial charge in [0, 0.05) is 24.8 Å². The maximum Gasteiger partial charge on any atom is 0.350 e. The zero-order valence-corrected chi connectivity index (χ0v) is 12.0. The van der Waals surface area contributed by atoms with Gasteiger partial charge in [-0.15, -0.1) is 0 Å². The smallest absolute Gasteiger partial charge is 0.350 e. The molecule has 0 bridgehead atoms. The number of anilines is 1. The highest BCUT2D eigenvalue weighted by atomic mass is 16.6. The molecule has 2 aromatic rings. The highest BCUT2D eigenvalue weighted by Gasteiger charge is 2.28. The summed E-state index contributed by atoms with van der Waals surface area (Å²) in [7, 11) is 0. The molecule has 0 fully saturated rings. The predicted molar refractivity (Wildman–Crippen MR) is 82.9 cm³/mol. The van der Waals surface area contributed by atoms with Crippen LogP contribution in [0.4, 0.5) is 17.1 Å². The Balaban J connectivity index is 2.42. The Labute approximate surface area is 127 Å². The lowest BCUT2D eigenvalue weighted by Gasteiger charge is -2.22. The standard InChI is InChI=1S/C15H15N3O4/c1-2-16(13-8-4-3-5-9-13)11-12-7-6-10-14(17(19)20)15(12)18(21)22/h3-10H,2,11H2,1H3. The first-order chi connectivity index (χ1) is 10.5. The highest BCUT2D eigenvalue weighted by Crippen LogP contribution is 2.32. The van der Waals surface area contributed by atoms with Crippen LogP contribution in [0.15, 0.2) is 48.5 Å². The Hall–Kier alpha value is -2.96. The Morgan fingerprint density at radius 1 is 0.955 bits per heavy atom. The number of rotatable bonds is 6. The van der Waals surface area contributed by atoms with Crippen LogP contribution in [0, 0.1) is 20.2 Å². The van der Waals surface area contributed by atoms with E-state index in [1.807, 2.05) is 42.2 Å². The molecule has 0 N–H and O–H groups in total. The number of hydrogen-bond acceptors (Lipinski definition) is 5. The molecule has 0 aliphatic rings. The Bertz CT molecular complexity index is 688. The molecule has 0 saturated carbocycles. The SMILES string of the molecule is CCN(Cc1cccc([N+](=O)[O-])c1[N+](=O)[O-])c1ccccc1. The van der Waals surface area contributed by atoms with Crippen LogP contribution in [0.2, 0.25) is 0 Å². The predicted octanol–water partition coefficient (Wildman–Crippen LogP) is 3.53. The molecular formula is C15H15N3O4. The van der Waals surface area contributed by atoms with Crippen molar-refractivity contribution in [1.82, 2.24) is 0 Å². The molecular weight excluding hydrogens is 286 g/mol. The van der Waals surface area contributed by atoms with Gasteiger partial charge in [0.05, 0.1) is 15.4 Å². The second kappa shape index (κ2) is 6.66. The molecule has 0 aromatic heterocycles. The summed E-state index contributed by atoms with van der Waals surface area (Å²) in [6.45, 7) is 2.79. The van der Waals surface area contributed by atoms with E-state index in [9.17, 15) is 20.2 Å². The Morgan fingerprint density at radius 2 is 1.64 bits per heavy atom. The van der Waals surface area contributed by atoms with Crippen molar-refractivity contribution in [2.75, 3.05) is 11.4 Å². The topological polar surface area (TPSA) is 89.5 Å². The number of para-hydroxylation sites is 2. The van der Waals surface area contributed by atoms with E-state index in [4.69, 9.17) is 0 Å². The number of hydrogen-bond donors (Lipinski definition) is 0. The lowest BCUT2D eigenvalue weighted by Crippen LogP contribution is -2.22. The molecule has 7 nitrogen and oxygen atoms in total. The van der Waals surface area contributed by atoms with Crippen LogP contribution in [-0.4, -0.2) is 16.4 Å². The molecule has 0 saturated heterocycles. The zero-order valence-electron chi connectivity index (χ0n) is 12.0. The van der Waals surface area contributed by atoms with E-state index in [0.717, 1.165) is 11.8 Å². The van der Waals surface area contributed by atoms with Crippen molar-refractivity contribution in [3.8, 4) is 0 Å². The van der Waals surface area contributed by atoms with E-state index in [1.165, 1.54) is 6.07 Å². The molecule has 7 heteroatoms. The summed E-state index contributed by atoms with van der Waals surface area (Å²) in [5.41, 5.74) is 0.309. The van der Waals surface area contributed by atoms with Crippen molar-refractivity contribution in [2.45, 2.75) is 13.5 Å². The summed E-state index contributed by atoms with van der Waals surface area (Å²) in [6.07, 6.45) is 0. The van der Waals surface area contributed by atoms with Crippen LogP contribution >= 0.6 is 0 Å². The van der Waals surface area contributed by atoms with Gasteiger partial charge in [-0.05, 0) is 25.1 Å². The molecule has 0 unspecified atom stereocenters. The third-order valence-corrected chi connectivity index (χ3v) is 3.34. The van der Waals surface area contributed by atoms with Crippen molar-refractivity contribution >= 4 is 17.1 Å². The Morgan fingerprint density at radius 3 is 2.18 bits per heavy atom. The first kappa shape index (κ1) is 15.4. The summed E-state index contributed by atoms with van der Waals surface area (Å²) in [6, 6.07) is 13.6. The van der Waals surface area contributed by atoms with Gasteiger partial charge in [0.1, 0.15) is 0 Å². The average Bonchev–Trinajstić information content (AvgIpc) is 2.52. The molecule has 0 aliphatic heterocycles. The van der Waals surface area contributed by atoms with Crippen LogP contribution in [-0.2, 0) is 6.54 Å². The summed E-state index contributed by atoms with van der Waals surface area (Å²) < 4.78 is 0. The zero-order chi connectivity index (χ0) is 16.1. The van der Waals surface area contributed by atoms with E-state index in [2.05, 4.69) is 0 Å². The van der Waals surface area contributed by atoms with Gasteiger partial charge in [-0.3, -0.25) is 20.2 Å². The van der Waals surface area contributed by atoms with E-state index in [1.54, 1.807) is 6.07 Å². The van der Waals surface area contributed by atoms with Crippen LogP contribution in [0.1, 0.15) is 12.5 Å². The van der Waals surface area contributed by atoms with Crippen LogP contribution in [0.3, 0.4) is 0 Å². The van der Waals surface area contributed by atoms with Crippen molar-refractivity contribution in [2.24, 2.45) is 0 Å². The van der Waals surface area contributed by atoms with Crippen molar-refractivity contribution in [1.29, 1.82) is 0 Å². The summed E-state index contributed by atoms with van der Waals surface area (Å²) >= 11 is 0.